The lowest BCUT2D eigenvalue weighted by molar-refractivity contribution is -0.105. The van der Waals surface area contributed by atoms with E-state index in [-0.39, 0.29) is 5.69 Å². The van der Waals surface area contributed by atoms with Gasteiger partial charge in [0.05, 0.1) is 11.4 Å². The van der Waals surface area contributed by atoms with Crippen molar-refractivity contribution in [3.05, 3.63) is 47.8 Å². The Morgan fingerprint density at radius 2 is 1.82 bits per heavy atom. The zero-order valence-corrected chi connectivity index (χ0v) is 24.5. The lowest BCUT2D eigenvalue weighted by Gasteiger charge is -2.42. The maximum absolute atomic E-state index is 13.2. The molecule has 3 aromatic rings. The van der Waals surface area contributed by atoms with E-state index in [0.717, 1.165) is 30.7 Å². The van der Waals surface area contributed by atoms with Gasteiger partial charge in [0.15, 0.2) is 5.82 Å². The van der Waals surface area contributed by atoms with E-state index >= 15 is 0 Å². The van der Waals surface area contributed by atoms with Crippen LogP contribution in [0.1, 0.15) is 44.9 Å². The van der Waals surface area contributed by atoms with Gasteiger partial charge >= 0.3 is 0 Å². The molecule has 0 saturated carbocycles. The summed E-state index contributed by atoms with van der Waals surface area (Å²) in [4.78, 5) is 26.4. The summed E-state index contributed by atoms with van der Waals surface area (Å²) in [6, 6.07) is 5.04. The number of pyridine rings is 2. The first kappa shape index (κ1) is 30.3. The summed E-state index contributed by atoms with van der Waals surface area (Å²) in [5.41, 5.74) is 4.39. The molecule has 0 spiro atoms. The Hall–Kier alpha value is -3.24. The van der Waals surface area contributed by atoms with Crippen LogP contribution >= 0.6 is 0 Å². The van der Waals surface area contributed by atoms with E-state index in [4.69, 9.17) is 0 Å². The van der Waals surface area contributed by atoms with Gasteiger partial charge in [0.2, 0.25) is 6.41 Å². The number of aryl methyl sites for hydroxylation is 1. The molecule has 39 heavy (non-hydrogen) atoms. The number of fused-ring (bicyclic) bond motifs is 4. The molecular weight excluding hydrogens is 495 g/mol. The third kappa shape index (κ3) is 6.86. The Labute approximate surface area is 232 Å². The largest absolute Gasteiger partial charge is 0.368 e. The van der Waals surface area contributed by atoms with Crippen molar-refractivity contribution in [2.75, 3.05) is 62.4 Å². The van der Waals surface area contributed by atoms with E-state index in [1.165, 1.54) is 61.8 Å². The van der Waals surface area contributed by atoms with Gasteiger partial charge in [-0.3, -0.25) is 9.69 Å². The molecule has 0 aromatic carbocycles. The quantitative estimate of drug-likeness (QED) is 0.485. The topological polar surface area (TPSA) is 81.0 Å². The third-order valence-electron chi connectivity index (χ3n) is 7.28. The predicted molar refractivity (Wildman–Crippen MR) is 159 cm³/mol. The van der Waals surface area contributed by atoms with Crippen molar-refractivity contribution in [3.63, 3.8) is 0 Å². The molecule has 2 fully saturated rings. The Morgan fingerprint density at radius 1 is 1.15 bits per heavy atom. The van der Waals surface area contributed by atoms with Gasteiger partial charge in [0.1, 0.15) is 11.5 Å². The van der Waals surface area contributed by atoms with E-state index in [0.29, 0.717) is 12.1 Å². The Bertz CT molecular complexity index is 1200. The van der Waals surface area contributed by atoms with Crippen molar-refractivity contribution < 1.29 is 9.18 Å². The van der Waals surface area contributed by atoms with Crippen LogP contribution in [0.3, 0.4) is 0 Å². The third-order valence-corrected chi connectivity index (χ3v) is 7.28. The van der Waals surface area contributed by atoms with E-state index in [9.17, 15) is 9.18 Å². The zero-order chi connectivity index (χ0) is 28.5. The summed E-state index contributed by atoms with van der Waals surface area (Å²) in [5, 5.41) is 5.02. The molecule has 10 heteroatoms. The number of amides is 1. The van der Waals surface area contributed by atoms with Crippen LogP contribution in [0, 0.1) is 12.7 Å². The smallest absolute Gasteiger partial charge is 0.211 e. The fourth-order valence-electron chi connectivity index (χ4n) is 5.73. The number of nitrogens with one attached hydrogen (secondary N) is 2. The molecule has 3 aliphatic heterocycles. The fourth-order valence-corrected chi connectivity index (χ4v) is 5.73. The highest BCUT2D eigenvalue weighted by molar-refractivity contribution is 5.72. The molecule has 2 N–H and O–H groups in total. The minimum atomic E-state index is -0.491. The van der Waals surface area contributed by atoms with Gasteiger partial charge in [-0.25, -0.2) is 14.4 Å². The van der Waals surface area contributed by atoms with Crippen LogP contribution in [-0.4, -0.2) is 85.1 Å². The van der Waals surface area contributed by atoms with Crippen molar-refractivity contribution in [1.82, 2.24) is 24.6 Å². The van der Waals surface area contributed by atoms with Gasteiger partial charge in [-0.2, -0.15) is 0 Å². The molecule has 214 valence electrons. The first-order chi connectivity index (χ1) is 18.9. The summed E-state index contributed by atoms with van der Waals surface area (Å²) in [6.45, 7) is 12.8. The molecule has 2 bridgehead atoms. The van der Waals surface area contributed by atoms with Crippen LogP contribution in [0.25, 0.3) is 5.65 Å². The lowest BCUT2D eigenvalue weighted by atomic mass is 10.1. The molecule has 9 nitrogen and oxygen atoms in total. The summed E-state index contributed by atoms with van der Waals surface area (Å²) in [6.07, 6.45) is 9.57. The second kappa shape index (κ2) is 14.2. The minimum absolute atomic E-state index is 0.143. The first-order valence-corrected chi connectivity index (χ1v) is 14.0. The molecule has 6 rings (SSSR count). The summed E-state index contributed by atoms with van der Waals surface area (Å²) in [7, 11) is 5.90. The highest BCUT2D eigenvalue weighted by atomic mass is 19.1. The van der Waals surface area contributed by atoms with E-state index in [1.807, 2.05) is 41.1 Å². The molecule has 0 radical (unpaired) electrons. The van der Waals surface area contributed by atoms with Crippen LogP contribution < -0.4 is 20.4 Å². The van der Waals surface area contributed by atoms with Crippen LogP contribution in [0.2, 0.25) is 0 Å². The maximum Gasteiger partial charge on any atom is 0.211 e. The normalized spacial score (nSPS) is 19.3. The number of imidazole rings is 1. The summed E-state index contributed by atoms with van der Waals surface area (Å²) in [5.74, 6) is 0.711. The number of nitrogens with zero attached hydrogens (tertiary/aromatic N) is 6. The number of piperazine rings is 1. The summed E-state index contributed by atoms with van der Waals surface area (Å²) >= 11 is 0. The number of hydrogen-bond donors (Lipinski definition) is 2. The van der Waals surface area contributed by atoms with Crippen molar-refractivity contribution in [3.8, 4) is 0 Å². The van der Waals surface area contributed by atoms with Gasteiger partial charge in [-0.05, 0) is 52.9 Å². The molecule has 2 atom stereocenters. The Balaban J connectivity index is 0.000000194. The lowest BCUT2D eigenvalue weighted by Crippen LogP contribution is -2.53. The number of carbonyl (C=O) groups excluding carboxylic acids is 1. The number of anilines is 3. The molecule has 2 unspecified atom stereocenters. The monoisotopic (exact) mass is 540 g/mol. The number of rotatable bonds is 4. The Kier molecular flexibility index (Phi) is 11.1. The van der Waals surface area contributed by atoms with Crippen molar-refractivity contribution >= 4 is 29.2 Å². The minimum Gasteiger partial charge on any atom is -0.368 e. The van der Waals surface area contributed by atoms with Gasteiger partial charge < -0.3 is 24.8 Å². The summed E-state index contributed by atoms with van der Waals surface area (Å²) < 4.78 is 14.9. The van der Waals surface area contributed by atoms with Gasteiger partial charge in [-0.1, -0.05) is 20.8 Å². The Morgan fingerprint density at radius 3 is 2.44 bits per heavy atom. The highest BCUT2D eigenvalue weighted by Crippen LogP contribution is 2.37. The second-order valence-corrected chi connectivity index (χ2v) is 9.87. The van der Waals surface area contributed by atoms with Crippen LogP contribution in [-0.2, 0) is 11.2 Å². The molecule has 6 heterocycles. The van der Waals surface area contributed by atoms with Gasteiger partial charge in [0, 0.05) is 74.7 Å². The highest BCUT2D eigenvalue weighted by Gasteiger charge is 2.39. The van der Waals surface area contributed by atoms with Crippen LogP contribution in [0.15, 0.2) is 30.7 Å². The average molecular weight is 541 g/mol. The number of halogens is 1. The zero-order valence-electron chi connectivity index (χ0n) is 24.5. The number of likely N-dealkylation sites (N-methyl/N-ethyl adjacent to an activating group) is 2. The van der Waals surface area contributed by atoms with E-state index < -0.39 is 5.82 Å². The molecule has 0 aliphatic carbocycles. The number of aromatic nitrogens is 3. The van der Waals surface area contributed by atoms with Crippen LogP contribution in [0.4, 0.5) is 21.6 Å². The first-order valence-electron chi connectivity index (χ1n) is 14.0. The fraction of sp³-hybridized carbons (Fsp3) is 0.552. The molecular formula is C29H45FN8O. The standard InChI is InChI=1S/C16H24N4.C9H8FN3O.C2H7N.C2H6/c1-3-20-12-4-5-13(20)11-19(10-12)15-6-8-17-16-14(15)7-9-18(16)2;1-6-3-13-4-8(11-5-14)7(10)2-9(13)12-6;1-3-2;1-2/h6,8,12-13H,3-5,7,9-11H2,1-2H3;2-5H,1H3,(H,11,14);3H,1-2H3;1-2H3. The maximum atomic E-state index is 13.2. The second-order valence-electron chi connectivity index (χ2n) is 9.87. The molecule has 2 saturated heterocycles. The number of hydrogen-bond acceptors (Lipinski definition) is 7. The molecule has 3 aliphatic rings. The SMILES string of the molecule is CC.CCN1C2CCC1CN(c1ccnc3c1CCN3C)C2.CNC.Cc1cn2cc(NC=O)c(F)cc2n1. The van der Waals surface area contributed by atoms with Crippen LogP contribution in [0.5, 0.6) is 0 Å². The van der Waals surface area contributed by atoms with E-state index in [2.05, 4.69) is 55.3 Å². The van der Waals surface area contributed by atoms with E-state index in [1.54, 1.807) is 10.6 Å². The molecule has 1 amide bonds. The van der Waals surface area contributed by atoms with Crippen molar-refractivity contribution in [1.29, 1.82) is 0 Å². The number of carbonyl (C=O) groups is 1. The average Bonchev–Trinajstić information content (AvgIpc) is 3.57. The van der Waals surface area contributed by atoms with Crippen molar-refractivity contribution in [2.24, 2.45) is 0 Å². The predicted octanol–water partition coefficient (Wildman–Crippen LogP) is 3.96. The van der Waals surface area contributed by atoms with Crippen molar-refractivity contribution in [2.45, 2.75) is 59.0 Å². The van der Waals surface area contributed by atoms with Gasteiger partial charge in [0.25, 0.3) is 0 Å². The van der Waals surface area contributed by atoms with Gasteiger partial charge in [-0.15, -0.1) is 0 Å². The molecule has 3 aromatic heterocycles.